The van der Waals surface area contributed by atoms with Crippen LogP contribution in [0.4, 0.5) is 8.78 Å². The fourth-order valence-corrected chi connectivity index (χ4v) is 4.69. The molecule has 182 valence electrons. The van der Waals surface area contributed by atoms with Gasteiger partial charge in [0.1, 0.15) is 0 Å². The summed E-state index contributed by atoms with van der Waals surface area (Å²) in [6, 6.07) is 11.4. The molecular formula is C24H26F2N2O6. The summed E-state index contributed by atoms with van der Waals surface area (Å²) in [5, 5.41) is 6.89. The van der Waals surface area contributed by atoms with Crippen molar-refractivity contribution in [3.05, 3.63) is 59.2 Å². The highest BCUT2D eigenvalue weighted by Crippen LogP contribution is 2.51. The van der Waals surface area contributed by atoms with Gasteiger partial charge < -0.3 is 25.2 Å². The molecule has 0 bridgehead atoms. The lowest BCUT2D eigenvalue weighted by atomic mass is 10.0. The van der Waals surface area contributed by atoms with Gasteiger partial charge in [-0.15, -0.1) is 0 Å². The van der Waals surface area contributed by atoms with Gasteiger partial charge in [-0.2, -0.15) is 8.78 Å². The van der Waals surface area contributed by atoms with Crippen LogP contribution in [0.5, 0.6) is 0 Å². The van der Waals surface area contributed by atoms with Gasteiger partial charge in [-0.3, -0.25) is 14.4 Å². The summed E-state index contributed by atoms with van der Waals surface area (Å²) in [7, 11) is 0. The van der Waals surface area contributed by atoms with E-state index in [0.29, 0.717) is 37.3 Å². The molecule has 8 nitrogen and oxygen atoms in total. The van der Waals surface area contributed by atoms with E-state index in [2.05, 4.69) is 5.73 Å². The number of hydrogen-bond acceptors (Lipinski definition) is 5. The Morgan fingerprint density at radius 1 is 1.15 bits per heavy atom. The number of rotatable bonds is 2. The maximum Gasteiger partial charge on any atom is 0.299 e. The predicted molar refractivity (Wildman–Crippen MR) is 118 cm³/mol. The summed E-state index contributed by atoms with van der Waals surface area (Å²) in [4.78, 5) is 31.6. The number of likely N-dealkylation sites (tertiary alicyclic amines) is 1. The molecule has 2 aliphatic heterocycles. The van der Waals surface area contributed by atoms with Crippen molar-refractivity contribution in [3.8, 4) is 11.1 Å². The lowest BCUT2D eigenvalue weighted by Crippen LogP contribution is -2.39. The molecule has 0 saturated carbocycles. The molecule has 5 rings (SSSR count). The molecule has 2 heterocycles. The zero-order chi connectivity index (χ0) is 24.9. The van der Waals surface area contributed by atoms with E-state index < -0.39 is 11.7 Å². The van der Waals surface area contributed by atoms with Gasteiger partial charge in [-0.1, -0.05) is 42.5 Å². The fraction of sp³-hybridized carbons (Fsp3) is 0.375. The summed E-state index contributed by atoms with van der Waals surface area (Å²) >= 11 is 0. The first kappa shape index (κ1) is 25.3. The molecule has 10 heteroatoms. The van der Waals surface area contributed by atoms with Crippen LogP contribution in [0.15, 0.2) is 42.5 Å². The topological polar surface area (TPSA) is 119 Å². The first-order valence-electron chi connectivity index (χ1n) is 10.6. The number of nitrogens with two attached hydrogens (primary N) is 1. The van der Waals surface area contributed by atoms with Crippen LogP contribution < -0.4 is 5.73 Å². The number of alkyl halides is 2. The fourth-order valence-electron chi connectivity index (χ4n) is 4.69. The third-order valence-corrected chi connectivity index (χ3v) is 6.02. The van der Waals surface area contributed by atoms with E-state index >= 15 is 0 Å². The van der Waals surface area contributed by atoms with E-state index in [4.69, 9.17) is 24.2 Å². The van der Waals surface area contributed by atoms with Gasteiger partial charge in [-0.25, -0.2) is 0 Å². The maximum absolute atomic E-state index is 14.7. The lowest BCUT2D eigenvalue weighted by Gasteiger charge is -2.23. The Kier molecular flexibility index (Phi) is 7.63. The van der Waals surface area contributed by atoms with Gasteiger partial charge in [0.2, 0.25) is 12.3 Å². The zero-order valence-electron chi connectivity index (χ0n) is 18.6. The molecule has 2 aromatic rings. The van der Waals surface area contributed by atoms with Crippen molar-refractivity contribution in [3.63, 3.8) is 0 Å². The number of carboxylic acid groups (broad SMARTS) is 1. The Balaban J connectivity index is 0.000000492. The first-order chi connectivity index (χ1) is 16.2. The number of fused-ring (bicyclic) bond motifs is 3. The number of hydrogen-bond donors (Lipinski definition) is 2. The molecule has 2 saturated heterocycles. The number of carbonyl (C=O) groups is 3. The lowest BCUT2D eigenvalue weighted by molar-refractivity contribution is -0.152. The van der Waals surface area contributed by atoms with Gasteiger partial charge >= 0.3 is 0 Å². The Bertz CT molecular complexity index is 1050. The molecular weight excluding hydrogens is 450 g/mol. The van der Waals surface area contributed by atoms with E-state index in [1.807, 2.05) is 6.92 Å². The highest BCUT2D eigenvalue weighted by Gasteiger charge is 2.48. The quantitative estimate of drug-likeness (QED) is 0.643. The second-order valence-corrected chi connectivity index (χ2v) is 8.10. The van der Waals surface area contributed by atoms with Crippen LogP contribution in [0.2, 0.25) is 0 Å². The van der Waals surface area contributed by atoms with E-state index in [1.54, 1.807) is 35.2 Å². The van der Waals surface area contributed by atoms with Crippen LogP contribution in [0.1, 0.15) is 30.0 Å². The van der Waals surface area contributed by atoms with Crippen LogP contribution in [0.25, 0.3) is 11.1 Å². The molecule has 2 aromatic carbocycles. The molecule has 1 spiro atoms. The van der Waals surface area contributed by atoms with Crippen molar-refractivity contribution in [1.29, 1.82) is 0 Å². The summed E-state index contributed by atoms with van der Waals surface area (Å²) in [5.74, 6) is -3.71. The average Bonchev–Trinajstić information content (AvgIpc) is 3.45. The summed E-state index contributed by atoms with van der Waals surface area (Å²) < 4.78 is 40.8. The van der Waals surface area contributed by atoms with E-state index in [-0.39, 0.29) is 42.4 Å². The van der Waals surface area contributed by atoms with Crippen LogP contribution in [-0.2, 0) is 36.2 Å². The van der Waals surface area contributed by atoms with Crippen molar-refractivity contribution in [2.75, 3.05) is 19.8 Å². The number of amides is 2. The highest BCUT2D eigenvalue weighted by molar-refractivity contribution is 5.83. The standard InChI is InChI=1S/C22H21F2NO3.CH3NO.CH2O2/c1-14-12-21(27-8-9-28-21)13-25(14)20(26)11-15-6-7-19-17(10-15)16-4-2-3-5-18(16)22(19,23)24;2*2-1-3/h2-7,10,14H,8-9,11-13H2,1H3;1H,(H2,2,3);1H,(H,2,3). The summed E-state index contributed by atoms with van der Waals surface area (Å²) in [6.07, 6.45) is 1.07. The third-order valence-electron chi connectivity index (χ3n) is 6.02. The Labute approximate surface area is 195 Å². The number of halogens is 2. The van der Waals surface area contributed by atoms with E-state index in [0.717, 1.165) is 5.56 Å². The molecule has 34 heavy (non-hydrogen) atoms. The SMILES string of the molecule is CC1CC2(CN1C(=O)Cc1ccc3c(c1)-c1ccccc1C3(F)F)OCCO2.NC=O.O=CO. The molecule has 3 aliphatic rings. The second-order valence-electron chi connectivity index (χ2n) is 8.10. The molecule has 0 radical (unpaired) electrons. The smallest absolute Gasteiger partial charge is 0.299 e. The van der Waals surface area contributed by atoms with Crippen molar-refractivity contribution in [1.82, 2.24) is 4.90 Å². The maximum atomic E-state index is 14.7. The van der Waals surface area contributed by atoms with E-state index in [9.17, 15) is 13.6 Å². The average molecular weight is 476 g/mol. The Hall–Kier alpha value is -3.37. The minimum absolute atomic E-state index is 0.00569. The van der Waals surface area contributed by atoms with Crippen LogP contribution in [0, 0.1) is 0 Å². The summed E-state index contributed by atoms with van der Waals surface area (Å²) in [6.45, 7) is 3.25. The highest BCUT2D eigenvalue weighted by atomic mass is 19.3. The minimum atomic E-state index is -3.00. The van der Waals surface area contributed by atoms with Crippen LogP contribution >= 0.6 is 0 Å². The van der Waals surface area contributed by atoms with Gasteiger partial charge in [-0.05, 0) is 23.6 Å². The van der Waals surface area contributed by atoms with Gasteiger partial charge in [0.15, 0.2) is 5.79 Å². The van der Waals surface area contributed by atoms with Crippen molar-refractivity contribution in [2.24, 2.45) is 5.73 Å². The zero-order valence-corrected chi connectivity index (χ0v) is 18.6. The van der Waals surface area contributed by atoms with E-state index in [1.165, 1.54) is 12.1 Å². The predicted octanol–water partition coefficient (Wildman–Crippen LogP) is 2.52. The molecule has 1 atom stereocenters. The first-order valence-corrected chi connectivity index (χ1v) is 10.6. The number of nitrogens with zero attached hydrogens (tertiary/aromatic N) is 1. The van der Waals surface area contributed by atoms with Gasteiger partial charge in [0, 0.05) is 23.6 Å². The van der Waals surface area contributed by atoms with Crippen molar-refractivity contribution < 1.29 is 37.7 Å². The number of carbonyl (C=O) groups excluding carboxylic acids is 2. The second kappa shape index (κ2) is 10.3. The number of benzene rings is 2. The Morgan fingerprint density at radius 2 is 1.74 bits per heavy atom. The molecule has 1 unspecified atom stereocenters. The van der Waals surface area contributed by atoms with Gasteiger partial charge in [0.05, 0.1) is 26.2 Å². The molecule has 3 N–H and O–H groups in total. The largest absolute Gasteiger partial charge is 0.483 e. The minimum Gasteiger partial charge on any atom is -0.483 e. The van der Waals surface area contributed by atoms with Crippen molar-refractivity contribution >= 4 is 18.8 Å². The van der Waals surface area contributed by atoms with Crippen LogP contribution in [0.3, 0.4) is 0 Å². The third kappa shape index (κ3) is 4.78. The van der Waals surface area contributed by atoms with Crippen molar-refractivity contribution in [2.45, 2.75) is 37.5 Å². The normalized spacial score (nSPS) is 20.3. The Morgan fingerprint density at radius 3 is 2.38 bits per heavy atom. The molecule has 2 fully saturated rings. The monoisotopic (exact) mass is 476 g/mol. The molecule has 0 aromatic heterocycles. The van der Waals surface area contributed by atoms with Crippen LogP contribution in [-0.4, -0.2) is 60.4 Å². The molecule has 2 amide bonds. The van der Waals surface area contributed by atoms with Gasteiger partial charge in [0.25, 0.3) is 12.4 Å². The summed E-state index contributed by atoms with van der Waals surface area (Å²) in [5.41, 5.74) is 5.99. The number of ether oxygens (including phenoxy) is 2. The molecule has 1 aliphatic carbocycles. The number of primary amides is 1.